The van der Waals surface area contributed by atoms with Gasteiger partial charge in [-0.2, -0.15) is 0 Å². The molecule has 90 valence electrons. The quantitative estimate of drug-likeness (QED) is 0.692. The average molecular weight is 224 g/mol. The van der Waals surface area contributed by atoms with E-state index in [2.05, 4.69) is 13.8 Å². The number of allylic oxidation sites excluding steroid dienone is 1. The maximum Gasteiger partial charge on any atom is 0.310 e. The van der Waals surface area contributed by atoms with Gasteiger partial charge in [0, 0.05) is 12.0 Å². The predicted molar refractivity (Wildman–Crippen MR) is 62.0 cm³/mol. The smallest absolute Gasteiger partial charge is 0.310 e. The van der Waals surface area contributed by atoms with Crippen LogP contribution in [0.1, 0.15) is 47.0 Å². The molecule has 3 nitrogen and oxygen atoms in total. The van der Waals surface area contributed by atoms with Crippen LogP contribution in [0.5, 0.6) is 0 Å². The maximum atomic E-state index is 11.9. The number of ether oxygens (including phenoxy) is 1. The summed E-state index contributed by atoms with van der Waals surface area (Å²) in [6, 6.07) is 0. The molecule has 0 unspecified atom stereocenters. The molecule has 0 N–H and O–H groups in total. The molecule has 0 aromatic heterocycles. The van der Waals surface area contributed by atoms with Crippen LogP contribution in [0.25, 0.3) is 0 Å². The fraction of sp³-hybridized carbons (Fsp3) is 0.692. The van der Waals surface area contributed by atoms with E-state index in [1.807, 2.05) is 6.92 Å². The summed E-state index contributed by atoms with van der Waals surface area (Å²) in [5.74, 6) is -0.202. The van der Waals surface area contributed by atoms with E-state index in [-0.39, 0.29) is 23.6 Å². The molecular weight excluding hydrogens is 204 g/mol. The van der Waals surface area contributed by atoms with Crippen LogP contribution < -0.4 is 0 Å². The summed E-state index contributed by atoms with van der Waals surface area (Å²) < 4.78 is 4.87. The first kappa shape index (κ1) is 12.9. The number of ketones is 1. The molecule has 0 saturated carbocycles. The van der Waals surface area contributed by atoms with Crippen LogP contribution in [0.4, 0.5) is 0 Å². The highest BCUT2D eigenvalue weighted by molar-refractivity contribution is 6.01. The second-order valence-electron chi connectivity index (χ2n) is 5.18. The lowest BCUT2D eigenvalue weighted by molar-refractivity contribution is -0.143. The van der Waals surface area contributed by atoms with Gasteiger partial charge < -0.3 is 4.74 Å². The van der Waals surface area contributed by atoms with E-state index < -0.39 is 0 Å². The standard InChI is InChI=1S/C13H20O3/c1-5-16-12(15)6-10-9(2)7-13(3,4)8-11(10)14/h5-8H2,1-4H3. The largest absolute Gasteiger partial charge is 0.466 e. The Morgan fingerprint density at radius 2 is 2.00 bits per heavy atom. The molecule has 0 amide bonds. The number of esters is 1. The number of Topliss-reactive ketones (excluding diaryl/α,β-unsaturated/α-hetero) is 1. The summed E-state index contributed by atoms with van der Waals surface area (Å²) in [5.41, 5.74) is 1.73. The first-order chi connectivity index (χ1) is 7.35. The zero-order valence-electron chi connectivity index (χ0n) is 10.6. The van der Waals surface area contributed by atoms with Crippen molar-refractivity contribution in [1.82, 2.24) is 0 Å². The van der Waals surface area contributed by atoms with Crippen LogP contribution in [-0.4, -0.2) is 18.4 Å². The van der Waals surface area contributed by atoms with Gasteiger partial charge in [-0.3, -0.25) is 9.59 Å². The van der Waals surface area contributed by atoms with E-state index in [4.69, 9.17) is 4.74 Å². The van der Waals surface area contributed by atoms with E-state index in [0.29, 0.717) is 18.6 Å². The average Bonchev–Trinajstić information content (AvgIpc) is 2.10. The van der Waals surface area contributed by atoms with Gasteiger partial charge in [-0.05, 0) is 25.7 Å². The van der Waals surface area contributed by atoms with Gasteiger partial charge in [-0.25, -0.2) is 0 Å². The number of hydrogen-bond donors (Lipinski definition) is 0. The Balaban J connectivity index is 2.79. The van der Waals surface area contributed by atoms with Gasteiger partial charge in [0.15, 0.2) is 5.78 Å². The number of rotatable bonds is 3. The predicted octanol–water partition coefficient (Wildman–Crippen LogP) is 2.65. The molecule has 0 saturated heterocycles. The van der Waals surface area contributed by atoms with Gasteiger partial charge in [0.2, 0.25) is 0 Å². The topological polar surface area (TPSA) is 43.4 Å². The number of carbonyl (C=O) groups excluding carboxylic acids is 2. The number of carbonyl (C=O) groups is 2. The molecule has 0 fully saturated rings. The highest BCUT2D eigenvalue weighted by Crippen LogP contribution is 2.37. The Morgan fingerprint density at radius 1 is 1.38 bits per heavy atom. The molecular formula is C13H20O3. The van der Waals surface area contributed by atoms with E-state index in [1.54, 1.807) is 6.92 Å². The minimum Gasteiger partial charge on any atom is -0.466 e. The van der Waals surface area contributed by atoms with Gasteiger partial charge in [0.05, 0.1) is 13.0 Å². The Labute approximate surface area is 96.9 Å². The Morgan fingerprint density at radius 3 is 2.50 bits per heavy atom. The summed E-state index contributed by atoms with van der Waals surface area (Å²) in [6.07, 6.45) is 1.54. The van der Waals surface area contributed by atoms with Crippen LogP contribution in [0, 0.1) is 5.41 Å². The first-order valence-electron chi connectivity index (χ1n) is 5.73. The molecule has 1 rings (SSSR count). The van der Waals surface area contributed by atoms with E-state index in [1.165, 1.54) is 0 Å². The van der Waals surface area contributed by atoms with Crippen molar-refractivity contribution in [3.63, 3.8) is 0 Å². The lowest BCUT2D eigenvalue weighted by Gasteiger charge is -2.30. The number of hydrogen-bond acceptors (Lipinski definition) is 3. The van der Waals surface area contributed by atoms with Crippen molar-refractivity contribution in [1.29, 1.82) is 0 Å². The SMILES string of the molecule is CCOC(=O)CC1=C(C)CC(C)(C)CC1=O. The van der Waals surface area contributed by atoms with Gasteiger partial charge in [-0.15, -0.1) is 0 Å². The fourth-order valence-electron chi connectivity index (χ4n) is 2.27. The minimum atomic E-state index is -0.301. The molecule has 0 aliphatic heterocycles. The van der Waals surface area contributed by atoms with Crippen molar-refractivity contribution in [2.45, 2.75) is 47.0 Å². The third kappa shape index (κ3) is 3.19. The van der Waals surface area contributed by atoms with Crippen molar-refractivity contribution >= 4 is 11.8 Å². The fourth-order valence-corrected chi connectivity index (χ4v) is 2.27. The molecule has 1 aliphatic rings. The van der Waals surface area contributed by atoms with Crippen LogP contribution in [0.2, 0.25) is 0 Å². The molecule has 0 heterocycles. The summed E-state index contributed by atoms with van der Waals surface area (Å²) in [4.78, 5) is 23.2. The molecule has 0 radical (unpaired) electrons. The normalized spacial score (nSPS) is 19.9. The second-order valence-corrected chi connectivity index (χ2v) is 5.18. The molecule has 1 aliphatic carbocycles. The van der Waals surface area contributed by atoms with Gasteiger partial charge in [-0.1, -0.05) is 19.4 Å². The van der Waals surface area contributed by atoms with E-state index in [9.17, 15) is 9.59 Å². The summed E-state index contributed by atoms with van der Waals surface area (Å²) in [6.45, 7) is 8.23. The molecule has 16 heavy (non-hydrogen) atoms. The molecule has 0 aromatic rings. The van der Waals surface area contributed by atoms with Crippen LogP contribution >= 0.6 is 0 Å². The molecule has 3 heteroatoms. The van der Waals surface area contributed by atoms with Crippen molar-refractivity contribution in [3.8, 4) is 0 Å². The third-order valence-corrected chi connectivity index (χ3v) is 2.86. The zero-order valence-corrected chi connectivity index (χ0v) is 10.6. The van der Waals surface area contributed by atoms with Gasteiger partial charge in [0.1, 0.15) is 0 Å². The van der Waals surface area contributed by atoms with Crippen molar-refractivity contribution in [3.05, 3.63) is 11.1 Å². The van der Waals surface area contributed by atoms with Crippen molar-refractivity contribution in [2.24, 2.45) is 5.41 Å². The van der Waals surface area contributed by atoms with Gasteiger partial charge >= 0.3 is 5.97 Å². The lowest BCUT2D eigenvalue weighted by atomic mass is 9.73. The van der Waals surface area contributed by atoms with Crippen LogP contribution in [0.15, 0.2) is 11.1 Å². The highest BCUT2D eigenvalue weighted by atomic mass is 16.5. The highest BCUT2D eigenvalue weighted by Gasteiger charge is 2.31. The molecule has 0 aromatic carbocycles. The van der Waals surface area contributed by atoms with E-state index >= 15 is 0 Å². The van der Waals surface area contributed by atoms with Crippen molar-refractivity contribution in [2.75, 3.05) is 6.61 Å². The zero-order chi connectivity index (χ0) is 12.3. The Bertz CT molecular complexity index is 337. The summed E-state index contributed by atoms with van der Waals surface area (Å²) in [7, 11) is 0. The summed E-state index contributed by atoms with van der Waals surface area (Å²) >= 11 is 0. The molecule has 0 bridgehead atoms. The third-order valence-electron chi connectivity index (χ3n) is 2.86. The van der Waals surface area contributed by atoms with Crippen LogP contribution in [0.3, 0.4) is 0 Å². The molecule has 0 atom stereocenters. The Hall–Kier alpha value is -1.12. The maximum absolute atomic E-state index is 11.9. The summed E-state index contributed by atoms with van der Waals surface area (Å²) in [5, 5.41) is 0. The molecule has 0 spiro atoms. The monoisotopic (exact) mass is 224 g/mol. The minimum absolute atomic E-state index is 0.0271. The second kappa shape index (κ2) is 4.81. The first-order valence-corrected chi connectivity index (χ1v) is 5.73. The van der Waals surface area contributed by atoms with Gasteiger partial charge in [0.25, 0.3) is 0 Å². The van der Waals surface area contributed by atoms with Crippen molar-refractivity contribution < 1.29 is 14.3 Å². The Kier molecular flexibility index (Phi) is 3.89. The van der Waals surface area contributed by atoms with E-state index in [0.717, 1.165) is 12.0 Å². The lowest BCUT2D eigenvalue weighted by Crippen LogP contribution is -2.26. The van der Waals surface area contributed by atoms with Crippen LogP contribution in [-0.2, 0) is 14.3 Å².